The number of hydrogen-bond donors (Lipinski definition) is 1. The number of benzene rings is 1. The number of nitrogens with one attached hydrogen (secondary N) is 1. The number of nitrogens with zero attached hydrogens (tertiary/aromatic N) is 2. The Hall–Kier alpha value is -2.96. The Morgan fingerprint density at radius 3 is 2.21 bits per heavy atom. The van der Waals surface area contributed by atoms with Crippen LogP contribution in [0.2, 0.25) is 0 Å². The van der Waals surface area contributed by atoms with Gasteiger partial charge in [-0.05, 0) is 45.1 Å². The first-order valence-electron chi connectivity index (χ1n) is 12.5. The average Bonchev–Trinajstić information content (AvgIpc) is 3.43. The highest BCUT2D eigenvalue weighted by Gasteiger charge is 2.47. The van der Waals surface area contributed by atoms with Crippen molar-refractivity contribution in [3.63, 3.8) is 0 Å². The van der Waals surface area contributed by atoms with Gasteiger partial charge in [-0.25, -0.2) is 0 Å². The number of aryl methyl sites for hydroxylation is 1. The highest BCUT2D eigenvalue weighted by molar-refractivity contribution is 6.05. The summed E-state index contributed by atoms with van der Waals surface area (Å²) in [4.78, 5) is 54.7. The van der Waals surface area contributed by atoms with Gasteiger partial charge in [0.1, 0.15) is 6.04 Å². The largest absolute Gasteiger partial charge is 0.352 e. The smallest absolute Gasteiger partial charge is 0.242 e. The van der Waals surface area contributed by atoms with Crippen LogP contribution in [-0.4, -0.2) is 52.1 Å². The zero-order chi connectivity index (χ0) is 24.2. The van der Waals surface area contributed by atoms with Crippen molar-refractivity contribution >= 4 is 23.6 Å². The second-order valence-corrected chi connectivity index (χ2v) is 9.91. The van der Waals surface area contributed by atoms with E-state index in [-0.39, 0.29) is 54.5 Å². The fraction of sp³-hybridized carbons (Fsp3) is 0.556. The van der Waals surface area contributed by atoms with Crippen molar-refractivity contribution in [1.29, 1.82) is 0 Å². The number of imide groups is 1. The summed E-state index contributed by atoms with van der Waals surface area (Å²) in [6.45, 7) is 4.12. The van der Waals surface area contributed by atoms with Crippen molar-refractivity contribution in [1.82, 2.24) is 15.1 Å². The fourth-order valence-corrected chi connectivity index (χ4v) is 5.31. The first kappa shape index (κ1) is 24.2. The summed E-state index contributed by atoms with van der Waals surface area (Å²) in [6.07, 6.45) is 9.25. The molecule has 1 saturated heterocycles. The summed E-state index contributed by atoms with van der Waals surface area (Å²) in [6, 6.07) is 7.41. The highest BCUT2D eigenvalue weighted by atomic mass is 16.2. The van der Waals surface area contributed by atoms with E-state index in [1.165, 1.54) is 4.90 Å². The lowest BCUT2D eigenvalue weighted by Gasteiger charge is -2.30. The van der Waals surface area contributed by atoms with Crippen LogP contribution in [0, 0.1) is 18.8 Å². The molecule has 0 spiro atoms. The second-order valence-electron chi connectivity index (χ2n) is 9.91. The van der Waals surface area contributed by atoms with Crippen LogP contribution >= 0.6 is 0 Å². The molecule has 0 aromatic heterocycles. The Bertz CT molecular complexity index is 939. The second kappa shape index (κ2) is 10.5. The van der Waals surface area contributed by atoms with Crippen LogP contribution in [0.1, 0.15) is 63.0 Å². The lowest BCUT2D eigenvalue weighted by Crippen LogP contribution is -2.50. The molecule has 7 nitrogen and oxygen atoms in total. The lowest BCUT2D eigenvalue weighted by atomic mass is 9.85. The molecule has 1 aromatic rings. The van der Waals surface area contributed by atoms with Crippen LogP contribution in [0.4, 0.5) is 0 Å². The molecule has 34 heavy (non-hydrogen) atoms. The van der Waals surface area contributed by atoms with Crippen LogP contribution in [0.3, 0.4) is 0 Å². The third kappa shape index (κ3) is 5.24. The molecule has 2 aliphatic carbocycles. The number of amides is 4. The number of allylic oxidation sites excluding steroid dienone is 2. The molecule has 0 radical (unpaired) electrons. The van der Waals surface area contributed by atoms with Gasteiger partial charge in [-0.15, -0.1) is 0 Å². The zero-order valence-electron chi connectivity index (χ0n) is 20.2. The monoisotopic (exact) mass is 465 g/mol. The summed E-state index contributed by atoms with van der Waals surface area (Å²) in [7, 11) is 0. The Morgan fingerprint density at radius 2 is 1.62 bits per heavy atom. The number of carbonyl (C=O) groups is 4. The van der Waals surface area contributed by atoms with E-state index < -0.39 is 6.04 Å². The predicted octanol–water partition coefficient (Wildman–Crippen LogP) is 3.11. The number of carbonyl (C=O) groups excluding carboxylic acids is 4. The van der Waals surface area contributed by atoms with Crippen LogP contribution < -0.4 is 5.32 Å². The molecule has 182 valence electrons. The van der Waals surface area contributed by atoms with Crippen LogP contribution in [-0.2, 0) is 25.7 Å². The summed E-state index contributed by atoms with van der Waals surface area (Å²) >= 11 is 0. The van der Waals surface area contributed by atoms with Gasteiger partial charge in [0.25, 0.3) is 0 Å². The molecule has 3 aliphatic rings. The van der Waals surface area contributed by atoms with Gasteiger partial charge in [0.05, 0.1) is 11.8 Å². The van der Waals surface area contributed by atoms with Gasteiger partial charge in [0.2, 0.25) is 23.6 Å². The van der Waals surface area contributed by atoms with Crippen molar-refractivity contribution in [3.8, 4) is 0 Å². The first-order chi connectivity index (χ1) is 16.3. The zero-order valence-corrected chi connectivity index (χ0v) is 20.2. The molecule has 0 bridgehead atoms. The van der Waals surface area contributed by atoms with Crippen molar-refractivity contribution in [2.24, 2.45) is 11.8 Å². The van der Waals surface area contributed by atoms with Gasteiger partial charge in [0, 0.05) is 25.6 Å². The minimum Gasteiger partial charge on any atom is -0.352 e. The van der Waals surface area contributed by atoms with E-state index in [1.807, 2.05) is 43.3 Å². The Balaban J connectivity index is 1.44. The summed E-state index contributed by atoms with van der Waals surface area (Å²) in [5, 5.41) is 3.10. The van der Waals surface area contributed by atoms with Gasteiger partial charge in [-0.2, -0.15) is 0 Å². The van der Waals surface area contributed by atoms with Crippen LogP contribution in [0.25, 0.3) is 0 Å². The lowest BCUT2D eigenvalue weighted by molar-refractivity contribution is -0.144. The summed E-state index contributed by atoms with van der Waals surface area (Å²) in [5.41, 5.74) is 2.06. The van der Waals surface area contributed by atoms with Crippen molar-refractivity contribution in [2.75, 3.05) is 6.54 Å². The Labute approximate surface area is 201 Å². The van der Waals surface area contributed by atoms with Crippen molar-refractivity contribution < 1.29 is 19.2 Å². The van der Waals surface area contributed by atoms with E-state index >= 15 is 0 Å². The standard InChI is InChI=1S/C27H35N3O4/c1-18-11-13-20(14-12-18)17-30(19(2)25(32)28-21-7-3-4-8-21)24(31)15-16-29-26(33)22-9-5-6-10-23(22)27(29)34/h5-6,11-14,19,21-23H,3-4,7-10,15-17H2,1-2H3,(H,28,32)/t19-,22-,23+/m1/s1. The normalized spacial score (nSPS) is 23.2. The molecule has 1 aromatic carbocycles. The maximum atomic E-state index is 13.4. The summed E-state index contributed by atoms with van der Waals surface area (Å²) in [5.74, 6) is -1.34. The van der Waals surface area contributed by atoms with E-state index in [9.17, 15) is 19.2 Å². The minimum atomic E-state index is -0.647. The van der Waals surface area contributed by atoms with E-state index in [0.29, 0.717) is 19.4 Å². The van der Waals surface area contributed by atoms with Crippen molar-refractivity contribution in [3.05, 3.63) is 47.5 Å². The SMILES string of the molecule is Cc1ccc(CN(C(=O)CCN2C(=O)[C@H]3CC=CC[C@H]3C2=O)[C@H](C)C(=O)NC2CCCC2)cc1. The molecule has 1 heterocycles. The molecule has 3 atom stereocenters. The maximum Gasteiger partial charge on any atom is 0.242 e. The number of fused-ring (bicyclic) bond motifs is 1. The van der Waals surface area contributed by atoms with Crippen LogP contribution in [0.15, 0.2) is 36.4 Å². The van der Waals surface area contributed by atoms with E-state index in [0.717, 1.165) is 36.8 Å². The molecule has 1 aliphatic heterocycles. The first-order valence-corrected chi connectivity index (χ1v) is 12.5. The topological polar surface area (TPSA) is 86.8 Å². The number of likely N-dealkylation sites (tertiary alicyclic amines) is 1. The molecule has 0 unspecified atom stereocenters. The Kier molecular flexibility index (Phi) is 7.49. The maximum absolute atomic E-state index is 13.4. The predicted molar refractivity (Wildman–Crippen MR) is 128 cm³/mol. The molecular formula is C27H35N3O4. The van der Waals surface area contributed by atoms with Gasteiger partial charge >= 0.3 is 0 Å². The molecule has 7 heteroatoms. The van der Waals surface area contributed by atoms with E-state index in [1.54, 1.807) is 11.8 Å². The number of rotatable bonds is 8. The minimum absolute atomic E-state index is 0.0112. The van der Waals surface area contributed by atoms with Gasteiger partial charge in [-0.3, -0.25) is 24.1 Å². The molecule has 1 N–H and O–H groups in total. The van der Waals surface area contributed by atoms with Gasteiger partial charge in [-0.1, -0.05) is 54.8 Å². The summed E-state index contributed by atoms with van der Waals surface area (Å²) < 4.78 is 0. The van der Waals surface area contributed by atoms with Gasteiger partial charge < -0.3 is 10.2 Å². The van der Waals surface area contributed by atoms with Crippen molar-refractivity contribution in [2.45, 2.75) is 77.4 Å². The Morgan fingerprint density at radius 1 is 1.03 bits per heavy atom. The molecule has 4 rings (SSSR count). The van der Waals surface area contributed by atoms with Gasteiger partial charge in [0.15, 0.2) is 0 Å². The third-order valence-corrected chi connectivity index (χ3v) is 7.49. The molecular weight excluding hydrogens is 430 g/mol. The fourth-order valence-electron chi connectivity index (χ4n) is 5.31. The van der Waals surface area contributed by atoms with Crippen LogP contribution in [0.5, 0.6) is 0 Å². The number of hydrogen-bond acceptors (Lipinski definition) is 4. The van der Waals surface area contributed by atoms with E-state index in [2.05, 4.69) is 5.32 Å². The molecule has 4 amide bonds. The third-order valence-electron chi connectivity index (χ3n) is 7.49. The van der Waals surface area contributed by atoms with E-state index in [4.69, 9.17) is 0 Å². The average molecular weight is 466 g/mol. The molecule has 1 saturated carbocycles. The molecule has 2 fully saturated rings. The highest BCUT2D eigenvalue weighted by Crippen LogP contribution is 2.35. The quantitative estimate of drug-likeness (QED) is 0.472.